The molecule has 86 valence electrons. The zero-order chi connectivity index (χ0) is 11.6. The Labute approximate surface area is 91.1 Å². The smallest absolute Gasteiger partial charge is 0.0953 e. The normalized spacial score (nSPS) is 17.5. The standard InChI is InChI=1S/C11H21N3O/c1-8(5-11(4,15)6-12)14-7-13-9(2)10(14)3/h7-8,15H,5-6,12H2,1-4H3. The summed E-state index contributed by atoms with van der Waals surface area (Å²) in [6.07, 6.45) is 2.46. The first-order valence-electron chi connectivity index (χ1n) is 5.30. The van der Waals surface area contributed by atoms with Gasteiger partial charge in [0, 0.05) is 18.3 Å². The van der Waals surface area contributed by atoms with Crippen molar-refractivity contribution in [1.82, 2.24) is 9.55 Å². The van der Waals surface area contributed by atoms with E-state index >= 15 is 0 Å². The molecule has 0 radical (unpaired) electrons. The summed E-state index contributed by atoms with van der Waals surface area (Å²) in [5.74, 6) is 0. The highest BCUT2D eigenvalue weighted by molar-refractivity contribution is 5.09. The maximum Gasteiger partial charge on any atom is 0.0953 e. The van der Waals surface area contributed by atoms with Crippen molar-refractivity contribution >= 4 is 0 Å². The number of aliphatic hydroxyl groups is 1. The number of imidazole rings is 1. The second kappa shape index (κ2) is 4.33. The van der Waals surface area contributed by atoms with Gasteiger partial charge in [-0.3, -0.25) is 0 Å². The van der Waals surface area contributed by atoms with Gasteiger partial charge >= 0.3 is 0 Å². The summed E-state index contributed by atoms with van der Waals surface area (Å²) in [5.41, 5.74) is 6.88. The van der Waals surface area contributed by atoms with E-state index in [-0.39, 0.29) is 12.6 Å². The fourth-order valence-electron chi connectivity index (χ4n) is 1.78. The molecule has 0 bridgehead atoms. The zero-order valence-corrected chi connectivity index (χ0v) is 9.99. The molecule has 4 heteroatoms. The third kappa shape index (κ3) is 2.79. The van der Waals surface area contributed by atoms with Gasteiger partial charge in [0.15, 0.2) is 0 Å². The molecular weight excluding hydrogens is 190 g/mol. The maximum atomic E-state index is 9.89. The number of nitrogens with zero attached hydrogens (tertiary/aromatic N) is 2. The van der Waals surface area contributed by atoms with E-state index in [1.54, 1.807) is 6.92 Å². The van der Waals surface area contributed by atoms with E-state index in [1.165, 1.54) is 0 Å². The predicted molar refractivity (Wildman–Crippen MR) is 60.7 cm³/mol. The van der Waals surface area contributed by atoms with Gasteiger partial charge in [0.2, 0.25) is 0 Å². The predicted octanol–water partition coefficient (Wildman–Crippen LogP) is 1.16. The van der Waals surface area contributed by atoms with Crippen LogP contribution in [0.3, 0.4) is 0 Å². The summed E-state index contributed by atoms with van der Waals surface area (Å²) < 4.78 is 2.08. The molecule has 0 aliphatic rings. The van der Waals surface area contributed by atoms with Crippen LogP contribution in [0.25, 0.3) is 0 Å². The van der Waals surface area contributed by atoms with E-state index in [0.29, 0.717) is 6.42 Å². The Bertz CT molecular complexity index is 331. The van der Waals surface area contributed by atoms with Gasteiger partial charge in [-0.2, -0.15) is 0 Å². The van der Waals surface area contributed by atoms with Crippen LogP contribution in [-0.2, 0) is 0 Å². The van der Waals surface area contributed by atoms with Crippen molar-refractivity contribution in [2.24, 2.45) is 5.73 Å². The van der Waals surface area contributed by atoms with Gasteiger partial charge in [-0.15, -0.1) is 0 Å². The highest BCUT2D eigenvalue weighted by Gasteiger charge is 2.23. The molecule has 4 nitrogen and oxygen atoms in total. The van der Waals surface area contributed by atoms with Crippen molar-refractivity contribution in [2.75, 3.05) is 6.54 Å². The first-order valence-corrected chi connectivity index (χ1v) is 5.30. The lowest BCUT2D eigenvalue weighted by atomic mass is 9.98. The fourth-order valence-corrected chi connectivity index (χ4v) is 1.78. The highest BCUT2D eigenvalue weighted by Crippen LogP contribution is 2.22. The molecule has 0 spiro atoms. The average Bonchev–Trinajstić information content (AvgIpc) is 2.47. The average molecular weight is 211 g/mol. The number of rotatable bonds is 4. The molecule has 2 unspecified atom stereocenters. The molecule has 0 aliphatic carbocycles. The van der Waals surface area contributed by atoms with E-state index in [0.717, 1.165) is 11.4 Å². The number of hydrogen-bond acceptors (Lipinski definition) is 3. The molecule has 1 rings (SSSR count). The molecule has 3 N–H and O–H groups in total. The van der Waals surface area contributed by atoms with E-state index in [9.17, 15) is 5.11 Å². The van der Waals surface area contributed by atoms with Gasteiger partial charge in [-0.05, 0) is 34.1 Å². The Morgan fingerprint density at radius 3 is 2.60 bits per heavy atom. The topological polar surface area (TPSA) is 64.1 Å². The molecule has 0 saturated carbocycles. The van der Waals surface area contributed by atoms with E-state index in [4.69, 9.17) is 5.73 Å². The molecule has 15 heavy (non-hydrogen) atoms. The molecule has 1 aromatic heterocycles. The summed E-state index contributed by atoms with van der Waals surface area (Å²) in [5, 5.41) is 9.89. The molecule has 1 heterocycles. The molecule has 0 saturated heterocycles. The largest absolute Gasteiger partial charge is 0.389 e. The summed E-state index contributed by atoms with van der Waals surface area (Å²) in [6.45, 7) is 8.14. The van der Waals surface area contributed by atoms with Gasteiger partial charge in [0.25, 0.3) is 0 Å². The molecule has 0 aliphatic heterocycles. The van der Waals surface area contributed by atoms with E-state index < -0.39 is 5.60 Å². The second-order valence-electron chi connectivity index (χ2n) is 4.58. The Balaban J connectivity index is 2.77. The van der Waals surface area contributed by atoms with Crippen molar-refractivity contribution in [3.05, 3.63) is 17.7 Å². The van der Waals surface area contributed by atoms with Crippen LogP contribution in [0, 0.1) is 13.8 Å². The molecular formula is C11H21N3O. The Morgan fingerprint density at radius 2 is 2.20 bits per heavy atom. The monoisotopic (exact) mass is 211 g/mol. The third-order valence-electron chi connectivity index (χ3n) is 2.94. The van der Waals surface area contributed by atoms with Gasteiger partial charge in [-0.25, -0.2) is 4.98 Å². The lowest BCUT2D eigenvalue weighted by Crippen LogP contribution is -2.36. The number of nitrogens with two attached hydrogens (primary N) is 1. The lowest BCUT2D eigenvalue weighted by Gasteiger charge is -2.26. The van der Waals surface area contributed by atoms with Crippen LogP contribution in [0.1, 0.15) is 37.7 Å². The minimum absolute atomic E-state index is 0.213. The molecule has 2 atom stereocenters. The fraction of sp³-hybridized carbons (Fsp3) is 0.727. The van der Waals surface area contributed by atoms with Crippen molar-refractivity contribution in [3.63, 3.8) is 0 Å². The molecule has 0 amide bonds. The van der Waals surface area contributed by atoms with Crippen LogP contribution in [0.4, 0.5) is 0 Å². The quantitative estimate of drug-likeness (QED) is 0.785. The molecule has 1 aromatic rings. The lowest BCUT2D eigenvalue weighted by molar-refractivity contribution is 0.0463. The number of aromatic nitrogens is 2. The van der Waals surface area contributed by atoms with E-state index in [2.05, 4.69) is 16.5 Å². The van der Waals surface area contributed by atoms with Crippen LogP contribution in [-0.4, -0.2) is 26.8 Å². The maximum absolute atomic E-state index is 9.89. The van der Waals surface area contributed by atoms with Gasteiger partial charge in [0.05, 0.1) is 17.6 Å². The third-order valence-corrected chi connectivity index (χ3v) is 2.94. The Hall–Kier alpha value is -0.870. The van der Waals surface area contributed by atoms with Crippen molar-refractivity contribution in [2.45, 2.75) is 45.8 Å². The summed E-state index contributed by atoms with van der Waals surface area (Å²) in [7, 11) is 0. The minimum atomic E-state index is -0.802. The van der Waals surface area contributed by atoms with Crippen LogP contribution < -0.4 is 5.73 Å². The van der Waals surface area contributed by atoms with Crippen LogP contribution in [0.2, 0.25) is 0 Å². The second-order valence-corrected chi connectivity index (χ2v) is 4.58. The van der Waals surface area contributed by atoms with Gasteiger partial charge in [-0.1, -0.05) is 0 Å². The number of aryl methyl sites for hydroxylation is 1. The summed E-state index contributed by atoms with van der Waals surface area (Å²) in [6, 6.07) is 0.213. The summed E-state index contributed by atoms with van der Waals surface area (Å²) >= 11 is 0. The zero-order valence-electron chi connectivity index (χ0n) is 9.99. The van der Waals surface area contributed by atoms with Gasteiger partial charge in [0.1, 0.15) is 0 Å². The molecule has 0 aromatic carbocycles. The Kier molecular flexibility index (Phi) is 3.52. The summed E-state index contributed by atoms with van der Waals surface area (Å²) in [4.78, 5) is 4.24. The van der Waals surface area contributed by atoms with Gasteiger partial charge < -0.3 is 15.4 Å². The van der Waals surface area contributed by atoms with Crippen molar-refractivity contribution in [3.8, 4) is 0 Å². The highest BCUT2D eigenvalue weighted by atomic mass is 16.3. The van der Waals surface area contributed by atoms with Crippen LogP contribution >= 0.6 is 0 Å². The van der Waals surface area contributed by atoms with Crippen molar-refractivity contribution in [1.29, 1.82) is 0 Å². The van der Waals surface area contributed by atoms with Crippen molar-refractivity contribution < 1.29 is 5.11 Å². The van der Waals surface area contributed by atoms with E-state index in [1.807, 2.05) is 20.2 Å². The minimum Gasteiger partial charge on any atom is -0.389 e. The van der Waals surface area contributed by atoms with Crippen LogP contribution in [0.5, 0.6) is 0 Å². The Morgan fingerprint density at radius 1 is 1.60 bits per heavy atom. The first-order chi connectivity index (χ1) is 6.87. The molecule has 0 fully saturated rings. The van der Waals surface area contributed by atoms with Crippen LogP contribution in [0.15, 0.2) is 6.33 Å². The SMILES string of the molecule is Cc1ncn(C(C)CC(C)(O)CN)c1C. The first kappa shape index (κ1) is 12.2. The number of hydrogen-bond donors (Lipinski definition) is 2.